The lowest BCUT2D eigenvalue weighted by Gasteiger charge is -2.27. The van der Waals surface area contributed by atoms with E-state index in [4.69, 9.17) is 23.2 Å². The lowest BCUT2D eigenvalue weighted by molar-refractivity contribution is -0.125. The third kappa shape index (κ3) is 4.18. The van der Waals surface area contributed by atoms with Crippen LogP contribution in [0.3, 0.4) is 0 Å². The van der Waals surface area contributed by atoms with E-state index in [0.717, 1.165) is 6.42 Å². The summed E-state index contributed by atoms with van der Waals surface area (Å²) in [4.78, 5) is 33.3. The highest BCUT2D eigenvalue weighted by molar-refractivity contribution is 6.42. The number of fused-ring (bicyclic) bond motifs is 1. The van der Waals surface area contributed by atoms with Crippen molar-refractivity contribution in [1.29, 1.82) is 0 Å². The Labute approximate surface area is 194 Å². The number of likely N-dealkylation sites (N-methyl/N-ethyl adjacent to an activating group) is 1. The first-order chi connectivity index (χ1) is 15.4. The van der Waals surface area contributed by atoms with Crippen molar-refractivity contribution in [2.24, 2.45) is 0 Å². The zero-order valence-corrected chi connectivity index (χ0v) is 18.7. The summed E-state index contributed by atoms with van der Waals surface area (Å²) in [5, 5.41) is 2.86. The molecular weight excluding hydrogens is 456 g/mol. The van der Waals surface area contributed by atoms with E-state index in [0.29, 0.717) is 42.4 Å². The van der Waals surface area contributed by atoms with Gasteiger partial charge in [0.05, 0.1) is 28.0 Å². The zero-order valence-electron chi connectivity index (χ0n) is 17.2. The fourth-order valence-electron chi connectivity index (χ4n) is 3.71. The second-order valence-electron chi connectivity index (χ2n) is 7.19. The van der Waals surface area contributed by atoms with Crippen LogP contribution in [0.25, 0.3) is 11.0 Å². The van der Waals surface area contributed by atoms with Gasteiger partial charge in [-0.3, -0.25) is 4.79 Å². The number of aromatic nitrogens is 4. The van der Waals surface area contributed by atoms with Crippen LogP contribution in [-0.2, 0) is 4.79 Å². The second kappa shape index (κ2) is 9.22. The lowest BCUT2D eigenvalue weighted by Crippen LogP contribution is -2.39. The molecule has 1 aliphatic heterocycles. The summed E-state index contributed by atoms with van der Waals surface area (Å²) < 4.78 is 14.5. The van der Waals surface area contributed by atoms with E-state index in [1.807, 2.05) is 11.8 Å². The first-order valence-corrected chi connectivity index (χ1v) is 10.7. The smallest absolute Gasteiger partial charge is 0.246 e. The molecule has 1 amide bonds. The maximum Gasteiger partial charge on any atom is 0.246 e. The van der Waals surface area contributed by atoms with Crippen molar-refractivity contribution in [3.8, 4) is 0 Å². The van der Waals surface area contributed by atoms with E-state index in [1.165, 1.54) is 24.5 Å². The third-order valence-electron chi connectivity index (χ3n) is 5.34. The number of amides is 1. The number of halogens is 3. The Hall–Kier alpha value is -3.04. The number of nitrogens with zero attached hydrogens (tertiary/aromatic N) is 6. The van der Waals surface area contributed by atoms with Gasteiger partial charge in [-0.05, 0) is 31.6 Å². The second-order valence-corrected chi connectivity index (χ2v) is 7.98. The van der Waals surface area contributed by atoms with Crippen molar-refractivity contribution in [2.45, 2.75) is 19.4 Å². The standard InChI is InChI=1S/C21H20Cl2FN7O/c1-3-16(32)30-8-7-12(10-30)31(4-2)21-25-9-15-19(29-21)20(27-11-26-15)28-14-6-5-13(22)17(23)18(14)24/h3,5-6,9,11-12H,1,4,7-8,10H2,2H3,(H,26,27,28). The third-order valence-corrected chi connectivity index (χ3v) is 6.12. The van der Waals surface area contributed by atoms with Gasteiger partial charge in [-0.1, -0.05) is 29.8 Å². The molecule has 11 heteroatoms. The van der Waals surface area contributed by atoms with E-state index in [1.54, 1.807) is 11.1 Å². The van der Waals surface area contributed by atoms with E-state index in [9.17, 15) is 9.18 Å². The number of benzene rings is 1. The minimum absolute atomic E-state index is 0.0647. The number of nitrogens with one attached hydrogen (secondary N) is 1. The molecule has 0 radical (unpaired) electrons. The molecule has 0 spiro atoms. The first kappa shape index (κ1) is 22.2. The van der Waals surface area contributed by atoms with Crippen LogP contribution < -0.4 is 10.2 Å². The number of anilines is 3. The molecule has 8 nitrogen and oxygen atoms in total. The van der Waals surface area contributed by atoms with Gasteiger partial charge in [-0.2, -0.15) is 0 Å². The van der Waals surface area contributed by atoms with Gasteiger partial charge < -0.3 is 15.1 Å². The van der Waals surface area contributed by atoms with Crippen molar-refractivity contribution in [3.05, 3.63) is 53.2 Å². The highest BCUT2D eigenvalue weighted by atomic mass is 35.5. The molecule has 3 heterocycles. The van der Waals surface area contributed by atoms with Gasteiger partial charge in [0.15, 0.2) is 11.6 Å². The molecule has 1 aromatic carbocycles. The SMILES string of the molecule is C=CC(=O)N1CCC(N(CC)c2ncc3ncnc(Nc4ccc(Cl)c(Cl)c4F)c3n2)C1. The van der Waals surface area contributed by atoms with Crippen molar-refractivity contribution < 1.29 is 9.18 Å². The molecule has 1 N–H and O–H groups in total. The lowest BCUT2D eigenvalue weighted by atomic mass is 10.2. The molecule has 32 heavy (non-hydrogen) atoms. The summed E-state index contributed by atoms with van der Waals surface area (Å²) in [6.07, 6.45) is 5.05. The zero-order chi connectivity index (χ0) is 22.8. The van der Waals surface area contributed by atoms with Crippen LogP contribution in [0.15, 0.2) is 37.3 Å². The topological polar surface area (TPSA) is 87.1 Å². The fourth-order valence-corrected chi connectivity index (χ4v) is 4.02. The highest BCUT2D eigenvalue weighted by Gasteiger charge is 2.30. The number of carbonyl (C=O) groups excluding carboxylic acids is 1. The molecule has 1 saturated heterocycles. The van der Waals surface area contributed by atoms with Crippen molar-refractivity contribution >= 4 is 57.6 Å². The van der Waals surface area contributed by atoms with Gasteiger partial charge in [0.1, 0.15) is 17.4 Å². The Kier molecular flexibility index (Phi) is 6.38. The van der Waals surface area contributed by atoms with Gasteiger partial charge in [0, 0.05) is 19.6 Å². The minimum atomic E-state index is -0.687. The van der Waals surface area contributed by atoms with Crippen LogP contribution in [-0.4, -0.2) is 56.4 Å². The molecule has 0 aliphatic carbocycles. The monoisotopic (exact) mass is 475 g/mol. The van der Waals surface area contributed by atoms with E-state index in [2.05, 4.69) is 31.8 Å². The van der Waals surface area contributed by atoms with Gasteiger partial charge in [0.2, 0.25) is 11.9 Å². The van der Waals surface area contributed by atoms with Crippen LogP contribution in [0.2, 0.25) is 10.0 Å². The molecule has 1 aliphatic rings. The number of hydrogen-bond donors (Lipinski definition) is 1. The molecular formula is C21H20Cl2FN7O. The normalized spacial score (nSPS) is 15.8. The maximum atomic E-state index is 14.5. The number of rotatable bonds is 6. The van der Waals surface area contributed by atoms with Gasteiger partial charge in [-0.15, -0.1) is 0 Å². The predicted molar refractivity (Wildman–Crippen MR) is 123 cm³/mol. The van der Waals surface area contributed by atoms with Gasteiger partial charge in [-0.25, -0.2) is 24.3 Å². The molecule has 1 unspecified atom stereocenters. The predicted octanol–water partition coefficient (Wildman–Crippen LogP) is 4.22. The van der Waals surface area contributed by atoms with Crippen LogP contribution >= 0.6 is 23.2 Å². The maximum absolute atomic E-state index is 14.5. The Balaban J connectivity index is 1.67. The Bertz CT molecular complexity index is 1190. The summed E-state index contributed by atoms with van der Waals surface area (Å²) >= 11 is 11.8. The van der Waals surface area contributed by atoms with E-state index in [-0.39, 0.29) is 27.7 Å². The molecule has 0 saturated carbocycles. The summed E-state index contributed by atoms with van der Waals surface area (Å²) in [5.74, 6) is 0.00656. The summed E-state index contributed by atoms with van der Waals surface area (Å²) in [7, 11) is 0. The van der Waals surface area contributed by atoms with Gasteiger partial charge >= 0.3 is 0 Å². The van der Waals surface area contributed by atoms with Crippen molar-refractivity contribution in [1.82, 2.24) is 24.8 Å². The first-order valence-electron chi connectivity index (χ1n) is 9.99. The number of likely N-dealkylation sites (tertiary alicyclic amines) is 1. The Morgan fingerprint density at radius 3 is 2.94 bits per heavy atom. The van der Waals surface area contributed by atoms with Gasteiger partial charge in [0.25, 0.3) is 0 Å². The average Bonchev–Trinajstić information content (AvgIpc) is 3.29. The van der Waals surface area contributed by atoms with Crippen LogP contribution in [0.1, 0.15) is 13.3 Å². The molecule has 3 aromatic rings. The largest absolute Gasteiger partial charge is 0.337 e. The minimum Gasteiger partial charge on any atom is -0.337 e. The Morgan fingerprint density at radius 2 is 2.19 bits per heavy atom. The summed E-state index contributed by atoms with van der Waals surface area (Å²) in [6, 6.07) is 3.03. The van der Waals surface area contributed by atoms with Crippen molar-refractivity contribution in [2.75, 3.05) is 29.9 Å². The summed E-state index contributed by atoms with van der Waals surface area (Å²) in [6.45, 7) is 7.40. The van der Waals surface area contributed by atoms with Crippen LogP contribution in [0.4, 0.5) is 21.8 Å². The molecule has 0 bridgehead atoms. The van der Waals surface area contributed by atoms with Crippen LogP contribution in [0.5, 0.6) is 0 Å². The number of carbonyl (C=O) groups is 1. The molecule has 1 atom stereocenters. The van der Waals surface area contributed by atoms with Crippen LogP contribution in [0, 0.1) is 5.82 Å². The molecule has 1 fully saturated rings. The average molecular weight is 476 g/mol. The Morgan fingerprint density at radius 1 is 1.38 bits per heavy atom. The quantitative estimate of drug-likeness (QED) is 0.421. The highest BCUT2D eigenvalue weighted by Crippen LogP contribution is 2.32. The van der Waals surface area contributed by atoms with E-state index >= 15 is 0 Å². The fraction of sp³-hybridized carbons (Fsp3) is 0.286. The summed E-state index contributed by atoms with van der Waals surface area (Å²) in [5.41, 5.74) is 1.04. The van der Waals surface area contributed by atoms with Crippen molar-refractivity contribution in [3.63, 3.8) is 0 Å². The molecule has 2 aromatic heterocycles. The number of hydrogen-bond acceptors (Lipinski definition) is 7. The van der Waals surface area contributed by atoms with E-state index < -0.39 is 5.82 Å². The molecule has 166 valence electrons. The molecule has 4 rings (SSSR count).